The van der Waals surface area contributed by atoms with Gasteiger partial charge in [0.2, 0.25) is 0 Å². The van der Waals surface area contributed by atoms with Crippen molar-refractivity contribution in [1.82, 2.24) is 29.6 Å². The summed E-state index contributed by atoms with van der Waals surface area (Å²) < 4.78 is 3.20. The fourth-order valence-corrected chi connectivity index (χ4v) is 3.71. The van der Waals surface area contributed by atoms with Gasteiger partial charge in [0.15, 0.2) is 5.65 Å². The summed E-state index contributed by atoms with van der Waals surface area (Å²) in [6.07, 6.45) is 3.07. The lowest BCUT2D eigenvalue weighted by molar-refractivity contribution is 0.0947. The fraction of sp³-hybridized carbons (Fsp3) is 0.250. The predicted molar refractivity (Wildman–Crippen MR) is 111 cm³/mol. The minimum Gasteiger partial charge on any atom is -0.349 e. The molecule has 4 rings (SSSR count). The van der Waals surface area contributed by atoms with Gasteiger partial charge in [0, 0.05) is 11.9 Å². The molecule has 0 fully saturated rings. The molecule has 1 amide bonds. The van der Waals surface area contributed by atoms with E-state index in [2.05, 4.69) is 20.4 Å². The Hall–Kier alpha value is -3.33. The molecule has 0 aliphatic rings. The van der Waals surface area contributed by atoms with Crippen LogP contribution in [-0.4, -0.2) is 36.8 Å². The van der Waals surface area contributed by atoms with Gasteiger partial charge in [0.25, 0.3) is 11.5 Å². The van der Waals surface area contributed by atoms with Crippen LogP contribution >= 0.6 is 11.3 Å². The van der Waals surface area contributed by atoms with Crippen molar-refractivity contribution in [3.05, 3.63) is 74.4 Å². The second kappa shape index (κ2) is 7.96. The molecule has 148 valence electrons. The molecule has 1 aromatic carbocycles. The minimum atomic E-state index is -0.223. The zero-order valence-corrected chi connectivity index (χ0v) is 16.9. The van der Waals surface area contributed by atoms with Gasteiger partial charge in [-0.25, -0.2) is 14.6 Å². The number of nitrogens with one attached hydrogen (secondary N) is 1. The van der Waals surface area contributed by atoms with Crippen LogP contribution in [-0.2, 0) is 13.1 Å². The highest BCUT2D eigenvalue weighted by Gasteiger charge is 2.12. The zero-order valence-electron chi connectivity index (χ0n) is 16.1. The molecule has 1 N–H and O–H groups in total. The number of aryl methyl sites for hydroxylation is 2. The fourth-order valence-electron chi connectivity index (χ4n) is 3.11. The number of rotatable bonds is 6. The quantitative estimate of drug-likeness (QED) is 0.527. The number of nitrogens with zero attached hydrogens (tertiary/aromatic N) is 5. The molecular formula is C20H20N6O2S. The molecule has 0 unspecified atom stereocenters. The van der Waals surface area contributed by atoms with Gasteiger partial charge in [-0.1, -0.05) is 29.8 Å². The third-order valence-electron chi connectivity index (χ3n) is 4.52. The molecule has 0 atom stereocenters. The average Bonchev–Trinajstić information content (AvgIpc) is 3.31. The minimum absolute atomic E-state index is 0.134. The van der Waals surface area contributed by atoms with Gasteiger partial charge >= 0.3 is 0 Å². The van der Waals surface area contributed by atoms with E-state index in [1.807, 2.05) is 38.1 Å². The van der Waals surface area contributed by atoms with Gasteiger partial charge < -0.3 is 5.32 Å². The molecule has 4 aromatic rings. The summed E-state index contributed by atoms with van der Waals surface area (Å²) in [7, 11) is 0. The van der Waals surface area contributed by atoms with Gasteiger partial charge in [0.1, 0.15) is 17.4 Å². The Kier molecular flexibility index (Phi) is 5.22. The second-order valence-corrected chi connectivity index (χ2v) is 7.84. The van der Waals surface area contributed by atoms with Crippen molar-refractivity contribution in [1.29, 1.82) is 0 Å². The van der Waals surface area contributed by atoms with Crippen molar-refractivity contribution in [2.75, 3.05) is 6.54 Å². The van der Waals surface area contributed by atoms with E-state index in [-0.39, 0.29) is 11.5 Å². The Morgan fingerprint density at radius 2 is 2.14 bits per heavy atom. The summed E-state index contributed by atoms with van der Waals surface area (Å²) in [5.41, 5.74) is 2.97. The Bertz CT molecular complexity index is 1240. The van der Waals surface area contributed by atoms with E-state index in [1.165, 1.54) is 17.5 Å². The van der Waals surface area contributed by atoms with Gasteiger partial charge in [-0.2, -0.15) is 5.10 Å². The number of carbonyl (C=O) groups is 1. The van der Waals surface area contributed by atoms with Crippen LogP contribution in [0.1, 0.15) is 26.6 Å². The first-order valence-corrected chi connectivity index (χ1v) is 10.1. The number of carbonyl (C=O) groups excluding carboxylic acids is 1. The molecule has 0 aliphatic carbocycles. The zero-order chi connectivity index (χ0) is 20.4. The van der Waals surface area contributed by atoms with Crippen LogP contribution in [0.3, 0.4) is 0 Å². The number of aromatic nitrogens is 5. The summed E-state index contributed by atoms with van der Waals surface area (Å²) in [5, 5.41) is 10.1. The molecular weight excluding hydrogens is 388 g/mol. The molecule has 0 bridgehead atoms. The van der Waals surface area contributed by atoms with Crippen LogP contribution in [0.5, 0.6) is 0 Å². The van der Waals surface area contributed by atoms with E-state index in [0.717, 1.165) is 16.1 Å². The lowest BCUT2D eigenvalue weighted by Crippen LogP contribution is -2.28. The molecule has 8 nitrogen and oxygen atoms in total. The number of fused-ring (bicyclic) bond motifs is 1. The normalized spacial score (nSPS) is 11.1. The third-order valence-corrected chi connectivity index (χ3v) is 5.29. The SMILES string of the molecule is Cc1cccc(Cn2cnc3c(cnn3CCNC(=O)c3csc(C)n3)c2=O)c1. The largest absolute Gasteiger partial charge is 0.349 e. The lowest BCUT2D eigenvalue weighted by atomic mass is 10.1. The van der Waals surface area contributed by atoms with E-state index in [1.54, 1.807) is 21.0 Å². The van der Waals surface area contributed by atoms with Crippen molar-refractivity contribution in [3.63, 3.8) is 0 Å². The maximum Gasteiger partial charge on any atom is 0.270 e. The molecule has 3 heterocycles. The van der Waals surface area contributed by atoms with Crippen molar-refractivity contribution in [3.8, 4) is 0 Å². The molecule has 0 saturated heterocycles. The highest BCUT2D eigenvalue weighted by atomic mass is 32.1. The summed E-state index contributed by atoms with van der Waals surface area (Å²) in [6.45, 7) is 5.10. The first-order valence-electron chi connectivity index (χ1n) is 9.18. The number of thiazole rings is 1. The van der Waals surface area contributed by atoms with Crippen LogP contribution in [0.4, 0.5) is 0 Å². The van der Waals surface area contributed by atoms with Crippen molar-refractivity contribution in [2.24, 2.45) is 0 Å². The predicted octanol–water partition coefficient (Wildman–Crippen LogP) is 2.14. The van der Waals surface area contributed by atoms with Crippen LogP contribution in [0, 0.1) is 13.8 Å². The smallest absolute Gasteiger partial charge is 0.270 e. The number of amides is 1. The highest BCUT2D eigenvalue weighted by Crippen LogP contribution is 2.09. The van der Waals surface area contributed by atoms with E-state index >= 15 is 0 Å². The second-order valence-electron chi connectivity index (χ2n) is 6.78. The summed E-state index contributed by atoms with van der Waals surface area (Å²) >= 11 is 1.43. The van der Waals surface area contributed by atoms with Gasteiger partial charge in [-0.15, -0.1) is 11.3 Å². The monoisotopic (exact) mass is 408 g/mol. The first kappa shape index (κ1) is 19.0. The average molecular weight is 408 g/mol. The molecule has 29 heavy (non-hydrogen) atoms. The third kappa shape index (κ3) is 4.09. The maximum absolute atomic E-state index is 12.8. The number of hydrogen-bond acceptors (Lipinski definition) is 6. The van der Waals surface area contributed by atoms with E-state index < -0.39 is 0 Å². The summed E-state index contributed by atoms with van der Waals surface area (Å²) in [4.78, 5) is 33.5. The Morgan fingerprint density at radius 3 is 2.90 bits per heavy atom. The Balaban J connectivity index is 1.47. The van der Waals surface area contributed by atoms with Crippen molar-refractivity contribution in [2.45, 2.75) is 26.9 Å². The van der Waals surface area contributed by atoms with Crippen LogP contribution in [0.15, 0.2) is 47.0 Å². The van der Waals surface area contributed by atoms with Crippen molar-refractivity contribution < 1.29 is 4.79 Å². The Morgan fingerprint density at radius 1 is 1.28 bits per heavy atom. The van der Waals surface area contributed by atoms with Crippen LogP contribution < -0.4 is 10.9 Å². The van der Waals surface area contributed by atoms with Gasteiger partial charge in [-0.3, -0.25) is 14.2 Å². The molecule has 0 radical (unpaired) electrons. The van der Waals surface area contributed by atoms with Gasteiger partial charge in [0.05, 0.1) is 24.3 Å². The summed E-state index contributed by atoms with van der Waals surface area (Å²) in [6, 6.07) is 8.03. The lowest BCUT2D eigenvalue weighted by Gasteiger charge is -2.07. The standard InChI is InChI=1S/C20H20N6O2S/c1-13-4-3-5-15(8-13)10-25-12-22-18-16(20(25)28)9-23-26(18)7-6-21-19(27)17-11-29-14(2)24-17/h3-5,8-9,11-12H,6-7,10H2,1-2H3,(H,21,27). The van der Waals surface area contributed by atoms with Crippen LogP contribution in [0.2, 0.25) is 0 Å². The molecule has 0 spiro atoms. The number of hydrogen-bond donors (Lipinski definition) is 1. The van der Waals surface area contributed by atoms with Crippen molar-refractivity contribution >= 4 is 28.3 Å². The first-order chi connectivity index (χ1) is 14.0. The van der Waals surface area contributed by atoms with E-state index in [4.69, 9.17) is 0 Å². The topological polar surface area (TPSA) is 94.7 Å². The Labute approximate surface area is 170 Å². The van der Waals surface area contributed by atoms with E-state index in [9.17, 15) is 9.59 Å². The van der Waals surface area contributed by atoms with Crippen LogP contribution in [0.25, 0.3) is 11.0 Å². The molecule has 9 heteroatoms. The molecule has 3 aromatic heterocycles. The molecule has 0 aliphatic heterocycles. The number of benzene rings is 1. The van der Waals surface area contributed by atoms with E-state index in [0.29, 0.717) is 36.4 Å². The van der Waals surface area contributed by atoms with Gasteiger partial charge in [-0.05, 0) is 19.4 Å². The molecule has 0 saturated carbocycles. The maximum atomic E-state index is 12.8. The summed E-state index contributed by atoms with van der Waals surface area (Å²) in [5.74, 6) is -0.223. The highest BCUT2D eigenvalue weighted by molar-refractivity contribution is 7.09.